The smallest absolute Gasteiger partial charge is 0.264 e. The minimum atomic E-state index is -4.16. The number of anilines is 1. The zero-order valence-electron chi connectivity index (χ0n) is 22.2. The molecule has 0 saturated heterocycles. The van der Waals surface area contributed by atoms with Crippen LogP contribution in [0.5, 0.6) is 0 Å². The summed E-state index contributed by atoms with van der Waals surface area (Å²) in [5.41, 5.74) is 1.17. The number of carbonyl (C=O) groups is 2. The minimum Gasteiger partial charge on any atom is -0.352 e. The topological polar surface area (TPSA) is 86.8 Å². The Kier molecular flexibility index (Phi) is 10.8. The van der Waals surface area contributed by atoms with Crippen molar-refractivity contribution in [1.29, 1.82) is 0 Å². The summed E-state index contributed by atoms with van der Waals surface area (Å²) in [6.07, 6.45) is 1.22. The molecule has 2 amide bonds. The number of carbonyl (C=O) groups excluding carboxylic acids is 2. The predicted octanol–water partition coefficient (Wildman–Crippen LogP) is 5.56. The highest BCUT2D eigenvalue weighted by Gasteiger charge is 2.32. The molecule has 0 aliphatic heterocycles. The van der Waals surface area contributed by atoms with Gasteiger partial charge < -0.3 is 10.2 Å². The Hall–Kier alpha value is -3.07. The first-order chi connectivity index (χ1) is 18.5. The van der Waals surface area contributed by atoms with E-state index in [-0.39, 0.29) is 39.1 Å². The molecule has 0 saturated carbocycles. The molecular weight excluding hydrogens is 557 g/mol. The molecule has 2 atom stereocenters. The lowest BCUT2D eigenvalue weighted by Crippen LogP contribution is -2.53. The van der Waals surface area contributed by atoms with Crippen molar-refractivity contribution in [2.45, 2.75) is 50.6 Å². The molecule has 0 spiro atoms. The molecule has 0 bridgehead atoms. The highest BCUT2D eigenvalue weighted by molar-refractivity contribution is 7.92. The van der Waals surface area contributed by atoms with Gasteiger partial charge in [-0.05, 0) is 62.6 Å². The number of hydrogen-bond acceptors (Lipinski definition) is 4. The normalized spacial score (nSPS) is 12.8. The van der Waals surface area contributed by atoms with E-state index < -0.39 is 28.5 Å². The number of nitrogens with one attached hydrogen (secondary N) is 1. The van der Waals surface area contributed by atoms with Gasteiger partial charge in [-0.3, -0.25) is 13.9 Å². The Morgan fingerprint density at radius 2 is 1.51 bits per heavy atom. The second-order valence-electron chi connectivity index (χ2n) is 9.24. The fourth-order valence-electron chi connectivity index (χ4n) is 3.92. The quantitative estimate of drug-likeness (QED) is 0.299. The van der Waals surface area contributed by atoms with Gasteiger partial charge >= 0.3 is 0 Å². The monoisotopic (exact) mass is 589 g/mol. The molecule has 39 heavy (non-hydrogen) atoms. The van der Waals surface area contributed by atoms with E-state index in [4.69, 9.17) is 23.2 Å². The molecule has 0 heterocycles. The zero-order chi connectivity index (χ0) is 28.6. The van der Waals surface area contributed by atoms with E-state index in [0.29, 0.717) is 6.42 Å². The second-order valence-corrected chi connectivity index (χ2v) is 11.9. The number of halogens is 2. The molecule has 3 rings (SSSR count). The predicted molar refractivity (Wildman–Crippen MR) is 157 cm³/mol. The third kappa shape index (κ3) is 7.97. The Balaban J connectivity index is 1.98. The fraction of sp³-hybridized carbons (Fsp3) is 0.310. The summed E-state index contributed by atoms with van der Waals surface area (Å²) in [7, 11) is -4.16. The highest BCUT2D eigenvalue weighted by atomic mass is 35.5. The Labute approximate surface area is 240 Å². The number of sulfonamides is 1. The molecule has 3 aromatic carbocycles. The molecule has 7 nitrogen and oxygen atoms in total. The van der Waals surface area contributed by atoms with Crippen LogP contribution in [0.3, 0.4) is 0 Å². The van der Waals surface area contributed by atoms with Crippen molar-refractivity contribution in [3.8, 4) is 0 Å². The average molecular weight is 591 g/mol. The van der Waals surface area contributed by atoms with Gasteiger partial charge in [0.1, 0.15) is 12.6 Å². The summed E-state index contributed by atoms with van der Waals surface area (Å²) >= 11 is 12.3. The summed E-state index contributed by atoms with van der Waals surface area (Å²) in [6.45, 7) is 5.18. The van der Waals surface area contributed by atoms with Crippen molar-refractivity contribution in [1.82, 2.24) is 10.2 Å². The summed E-state index contributed by atoms with van der Waals surface area (Å²) in [4.78, 5) is 28.4. The van der Waals surface area contributed by atoms with Gasteiger partial charge in [-0.1, -0.05) is 78.7 Å². The molecule has 10 heteroatoms. The van der Waals surface area contributed by atoms with Crippen LogP contribution in [0.1, 0.15) is 32.8 Å². The van der Waals surface area contributed by atoms with E-state index in [1.165, 1.54) is 35.2 Å². The molecular formula is C29H33Cl2N3O4S. The fourth-order valence-corrected chi connectivity index (χ4v) is 5.64. The van der Waals surface area contributed by atoms with Crippen molar-refractivity contribution < 1.29 is 18.0 Å². The lowest BCUT2D eigenvalue weighted by molar-refractivity contribution is -0.139. The van der Waals surface area contributed by atoms with Crippen LogP contribution in [0.15, 0.2) is 83.8 Å². The van der Waals surface area contributed by atoms with E-state index in [1.807, 2.05) is 44.2 Å². The molecule has 3 aromatic rings. The van der Waals surface area contributed by atoms with E-state index in [9.17, 15) is 18.0 Å². The van der Waals surface area contributed by atoms with Gasteiger partial charge in [0.2, 0.25) is 11.8 Å². The molecule has 208 valence electrons. The molecule has 0 aromatic heterocycles. The lowest BCUT2D eigenvalue weighted by Gasteiger charge is -2.32. The molecule has 0 radical (unpaired) electrons. The second kappa shape index (κ2) is 13.8. The Morgan fingerprint density at radius 1 is 0.897 bits per heavy atom. The van der Waals surface area contributed by atoms with Gasteiger partial charge in [-0.15, -0.1) is 0 Å². The van der Waals surface area contributed by atoms with Crippen LogP contribution in [0.25, 0.3) is 0 Å². The van der Waals surface area contributed by atoms with Crippen LogP contribution >= 0.6 is 23.2 Å². The highest BCUT2D eigenvalue weighted by Crippen LogP contribution is 2.30. The largest absolute Gasteiger partial charge is 0.352 e. The van der Waals surface area contributed by atoms with Gasteiger partial charge in [-0.25, -0.2) is 8.42 Å². The molecule has 1 N–H and O–H groups in total. The first-order valence-corrected chi connectivity index (χ1v) is 14.9. The molecule has 0 aliphatic carbocycles. The third-order valence-corrected chi connectivity index (χ3v) is 8.98. The van der Waals surface area contributed by atoms with Gasteiger partial charge in [0.15, 0.2) is 0 Å². The van der Waals surface area contributed by atoms with Gasteiger partial charge in [0.05, 0.1) is 20.6 Å². The third-order valence-electron chi connectivity index (χ3n) is 6.45. The van der Waals surface area contributed by atoms with Crippen molar-refractivity contribution in [3.63, 3.8) is 0 Å². The first kappa shape index (κ1) is 30.5. The first-order valence-electron chi connectivity index (χ1n) is 12.7. The van der Waals surface area contributed by atoms with E-state index >= 15 is 0 Å². The lowest BCUT2D eigenvalue weighted by atomic mass is 10.1. The number of rotatable bonds is 12. The zero-order valence-corrected chi connectivity index (χ0v) is 24.5. The summed E-state index contributed by atoms with van der Waals surface area (Å²) in [6, 6.07) is 20.9. The van der Waals surface area contributed by atoms with Crippen LogP contribution < -0.4 is 9.62 Å². The van der Waals surface area contributed by atoms with Gasteiger partial charge in [0, 0.05) is 12.6 Å². The van der Waals surface area contributed by atoms with Crippen LogP contribution in [0.4, 0.5) is 5.69 Å². The summed E-state index contributed by atoms with van der Waals surface area (Å²) in [5.74, 6) is -0.832. The average Bonchev–Trinajstić information content (AvgIpc) is 2.94. The molecule has 2 unspecified atom stereocenters. The summed E-state index contributed by atoms with van der Waals surface area (Å²) < 4.78 is 28.5. The molecule has 0 fully saturated rings. The van der Waals surface area contributed by atoms with Crippen LogP contribution in [-0.2, 0) is 26.0 Å². The standard InChI is InChI=1S/C29H33Cl2N3O4S/c1-4-21(2)32-29(36)22(3)33(18-17-23-11-7-5-8-12-23)28(35)20-34(24-15-16-26(30)27(31)19-24)39(37,38)25-13-9-6-10-14-25/h5-16,19,21-22H,4,17-18,20H2,1-3H3,(H,32,36). The maximum Gasteiger partial charge on any atom is 0.264 e. The van der Waals surface area contributed by atoms with Crippen LogP contribution in [0.2, 0.25) is 10.0 Å². The maximum absolute atomic E-state index is 13.9. The minimum absolute atomic E-state index is 0.0160. The van der Waals surface area contributed by atoms with Crippen LogP contribution in [-0.4, -0.2) is 50.3 Å². The van der Waals surface area contributed by atoms with E-state index in [1.54, 1.807) is 25.1 Å². The van der Waals surface area contributed by atoms with Crippen molar-refractivity contribution in [2.75, 3.05) is 17.4 Å². The van der Waals surface area contributed by atoms with Crippen molar-refractivity contribution >= 4 is 50.7 Å². The van der Waals surface area contributed by atoms with Gasteiger partial charge in [0.25, 0.3) is 10.0 Å². The van der Waals surface area contributed by atoms with E-state index in [0.717, 1.165) is 16.3 Å². The van der Waals surface area contributed by atoms with Crippen molar-refractivity contribution in [2.24, 2.45) is 0 Å². The number of hydrogen-bond donors (Lipinski definition) is 1. The SMILES string of the molecule is CCC(C)NC(=O)C(C)N(CCc1ccccc1)C(=O)CN(c1ccc(Cl)c(Cl)c1)S(=O)(=O)c1ccccc1. The Morgan fingerprint density at radius 3 is 2.10 bits per heavy atom. The Bertz CT molecular complexity index is 1370. The molecule has 0 aliphatic rings. The van der Waals surface area contributed by atoms with Crippen molar-refractivity contribution in [3.05, 3.63) is 94.5 Å². The summed E-state index contributed by atoms with van der Waals surface area (Å²) in [5, 5.41) is 3.32. The van der Waals surface area contributed by atoms with Gasteiger partial charge in [-0.2, -0.15) is 0 Å². The van der Waals surface area contributed by atoms with E-state index in [2.05, 4.69) is 5.32 Å². The maximum atomic E-state index is 13.9. The van der Waals surface area contributed by atoms with Crippen LogP contribution in [0, 0.1) is 0 Å². The number of nitrogens with zero attached hydrogens (tertiary/aromatic N) is 2. The number of amides is 2. The number of benzene rings is 3.